The van der Waals surface area contributed by atoms with E-state index in [2.05, 4.69) is 27.2 Å². The van der Waals surface area contributed by atoms with Crippen LogP contribution in [-0.4, -0.2) is 58.4 Å². The SMILES string of the molecule is CN1CC2(CCN(Cc3ccc(-c4ccn[nH]4)s3)C2)OC1=O. The van der Waals surface area contributed by atoms with Gasteiger partial charge in [-0.15, -0.1) is 11.3 Å². The number of thiophene rings is 1. The van der Waals surface area contributed by atoms with Gasteiger partial charge in [-0.2, -0.15) is 5.10 Å². The number of hydrogen-bond donors (Lipinski definition) is 1. The van der Waals surface area contributed by atoms with Crippen LogP contribution in [0.5, 0.6) is 0 Å². The van der Waals surface area contributed by atoms with Crippen molar-refractivity contribution in [3.05, 3.63) is 29.3 Å². The zero-order valence-electron chi connectivity index (χ0n) is 12.4. The van der Waals surface area contributed by atoms with Crippen LogP contribution in [0.4, 0.5) is 4.79 Å². The second-order valence-corrected chi connectivity index (χ2v) is 7.27. The number of aromatic nitrogens is 2. The summed E-state index contributed by atoms with van der Waals surface area (Å²) < 4.78 is 5.59. The lowest BCUT2D eigenvalue weighted by atomic mass is 10.0. The third-order valence-electron chi connectivity index (χ3n) is 4.34. The van der Waals surface area contributed by atoms with Crippen molar-refractivity contribution in [1.82, 2.24) is 20.0 Å². The third kappa shape index (κ3) is 2.40. The largest absolute Gasteiger partial charge is 0.439 e. The number of rotatable bonds is 3. The lowest BCUT2D eigenvalue weighted by Crippen LogP contribution is -2.36. The van der Waals surface area contributed by atoms with Crippen molar-refractivity contribution in [3.63, 3.8) is 0 Å². The Morgan fingerprint density at radius 1 is 1.41 bits per heavy atom. The van der Waals surface area contributed by atoms with Crippen LogP contribution in [0, 0.1) is 0 Å². The Hall–Kier alpha value is -1.86. The number of likely N-dealkylation sites (N-methyl/N-ethyl adjacent to an activating group) is 1. The summed E-state index contributed by atoms with van der Waals surface area (Å²) in [6, 6.07) is 6.27. The van der Waals surface area contributed by atoms with Gasteiger partial charge in [0.1, 0.15) is 5.60 Å². The van der Waals surface area contributed by atoms with E-state index in [0.29, 0.717) is 6.54 Å². The van der Waals surface area contributed by atoms with Crippen molar-refractivity contribution >= 4 is 17.4 Å². The number of carbonyl (C=O) groups excluding carboxylic acids is 1. The molecule has 1 spiro atoms. The fraction of sp³-hybridized carbons (Fsp3) is 0.467. The molecular formula is C15H18N4O2S. The first kappa shape index (κ1) is 13.8. The van der Waals surface area contributed by atoms with E-state index in [1.54, 1.807) is 29.5 Å². The number of H-pyrrole nitrogens is 1. The maximum Gasteiger partial charge on any atom is 0.410 e. The van der Waals surface area contributed by atoms with Crippen molar-refractivity contribution in [1.29, 1.82) is 0 Å². The van der Waals surface area contributed by atoms with Crippen LogP contribution < -0.4 is 0 Å². The minimum Gasteiger partial charge on any atom is -0.439 e. The van der Waals surface area contributed by atoms with E-state index in [0.717, 1.165) is 31.7 Å². The molecule has 1 amide bonds. The highest BCUT2D eigenvalue weighted by Gasteiger charge is 2.48. The van der Waals surface area contributed by atoms with E-state index in [1.807, 2.05) is 6.07 Å². The van der Waals surface area contributed by atoms with Crippen molar-refractivity contribution < 1.29 is 9.53 Å². The third-order valence-corrected chi connectivity index (χ3v) is 5.45. The quantitative estimate of drug-likeness (QED) is 0.942. The lowest BCUT2D eigenvalue weighted by molar-refractivity contribution is 0.0628. The van der Waals surface area contributed by atoms with E-state index >= 15 is 0 Å². The van der Waals surface area contributed by atoms with E-state index in [-0.39, 0.29) is 11.7 Å². The maximum absolute atomic E-state index is 11.6. The Morgan fingerprint density at radius 3 is 3.05 bits per heavy atom. The topological polar surface area (TPSA) is 61.5 Å². The predicted octanol–water partition coefficient (Wildman–Crippen LogP) is 2.16. The van der Waals surface area contributed by atoms with Crippen LogP contribution in [-0.2, 0) is 11.3 Å². The van der Waals surface area contributed by atoms with Crippen molar-refractivity contribution in [3.8, 4) is 10.6 Å². The Balaban J connectivity index is 1.42. The highest BCUT2D eigenvalue weighted by molar-refractivity contribution is 7.15. The molecule has 1 atom stereocenters. The molecule has 7 heteroatoms. The molecule has 0 aliphatic carbocycles. The lowest BCUT2D eigenvalue weighted by Gasteiger charge is -2.21. The number of nitrogens with one attached hydrogen (secondary N) is 1. The first-order chi connectivity index (χ1) is 10.6. The molecule has 1 N–H and O–H groups in total. The zero-order valence-corrected chi connectivity index (χ0v) is 13.2. The molecule has 0 saturated carbocycles. The van der Waals surface area contributed by atoms with Gasteiger partial charge >= 0.3 is 6.09 Å². The number of aromatic amines is 1. The molecule has 1 unspecified atom stereocenters. The number of amides is 1. The molecule has 4 heterocycles. The monoisotopic (exact) mass is 318 g/mol. The summed E-state index contributed by atoms with van der Waals surface area (Å²) in [5, 5.41) is 6.99. The molecule has 2 aromatic rings. The molecule has 2 saturated heterocycles. The number of hydrogen-bond acceptors (Lipinski definition) is 5. The van der Waals surface area contributed by atoms with E-state index in [9.17, 15) is 4.79 Å². The van der Waals surface area contributed by atoms with Gasteiger partial charge in [0.2, 0.25) is 0 Å². The van der Waals surface area contributed by atoms with Gasteiger partial charge in [0.05, 0.1) is 17.1 Å². The number of ether oxygens (including phenoxy) is 1. The summed E-state index contributed by atoms with van der Waals surface area (Å²) in [5.41, 5.74) is 0.760. The molecule has 22 heavy (non-hydrogen) atoms. The number of carbonyl (C=O) groups is 1. The van der Waals surface area contributed by atoms with Crippen LogP contribution in [0.15, 0.2) is 24.4 Å². The number of likely N-dealkylation sites (tertiary alicyclic amines) is 1. The summed E-state index contributed by atoms with van der Waals surface area (Å²) in [6.07, 6.45) is 2.49. The second kappa shape index (κ2) is 5.10. The molecular weight excluding hydrogens is 300 g/mol. The summed E-state index contributed by atoms with van der Waals surface area (Å²) >= 11 is 1.78. The Morgan fingerprint density at radius 2 is 2.32 bits per heavy atom. The standard InChI is InChI=1S/C15H18N4O2S/c1-18-9-15(21-14(18)20)5-7-19(10-15)8-11-2-3-13(22-11)12-4-6-16-17-12/h2-4,6H,5,7-10H2,1H3,(H,16,17). The van der Waals surface area contributed by atoms with Gasteiger partial charge in [0, 0.05) is 44.2 Å². The van der Waals surface area contributed by atoms with Gasteiger partial charge in [-0.1, -0.05) is 0 Å². The van der Waals surface area contributed by atoms with Crippen molar-refractivity contribution in [2.45, 2.75) is 18.6 Å². The van der Waals surface area contributed by atoms with Gasteiger partial charge in [-0.05, 0) is 18.2 Å². The van der Waals surface area contributed by atoms with Gasteiger partial charge in [-0.25, -0.2) is 4.79 Å². The first-order valence-corrected chi connectivity index (χ1v) is 8.20. The summed E-state index contributed by atoms with van der Waals surface area (Å²) in [6.45, 7) is 3.40. The fourth-order valence-electron chi connectivity index (χ4n) is 3.29. The molecule has 6 nitrogen and oxygen atoms in total. The van der Waals surface area contributed by atoms with Gasteiger partial charge in [-0.3, -0.25) is 10.00 Å². The minimum atomic E-state index is -0.296. The van der Waals surface area contributed by atoms with Crippen molar-refractivity contribution in [2.24, 2.45) is 0 Å². The van der Waals surface area contributed by atoms with Crippen LogP contribution in [0.3, 0.4) is 0 Å². The van der Waals surface area contributed by atoms with E-state index in [4.69, 9.17) is 4.74 Å². The Bertz CT molecular complexity index is 684. The van der Waals surface area contributed by atoms with Crippen LogP contribution in [0.2, 0.25) is 0 Å². The van der Waals surface area contributed by atoms with Gasteiger partial charge < -0.3 is 9.64 Å². The zero-order chi connectivity index (χ0) is 15.2. The molecule has 0 aromatic carbocycles. The molecule has 4 rings (SSSR count). The fourth-order valence-corrected chi connectivity index (χ4v) is 4.31. The maximum atomic E-state index is 11.6. The highest BCUT2D eigenvalue weighted by atomic mass is 32.1. The highest BCUT2D eigenvalue weighted by Crippen LogP contribution is 2.34. The minimum absolute atomic E-state index is 0.195. The van der Waals surface area contributed by atoms with Crippen LogP contribution in [0.1, 0.15) is 11.3 Å². The smallest absolute Gasteiger partial charge is 0.410 e. The summed E-state index contributed by atoms with van der Waals surface area (Å²) in [5.74, 6) is 0. The van der Waals surface area contributed by atoms with Crippen LogP contribution in [0.25, 0.3) is 10.6 Å². The predicted molar refractivity (Wildman–Crippen MR) is 83.6 cm³/mol. The molecule has 2 aliphatic rings. The van der Waals surface area contributed by atoms with Gasteiger partial charge in [0.15, 0.2) is 0 Å². The van der Waals surface area contributed by atoms with E-state index < -0.39 is 0 Å². The Labute approximate surface area is 132 Å². The molecule has 2 aliphatic heterocycles. The molecule has 2 fully saturated rings. The molecule has 0 bridgehead atoms. The second-order valence-electron chi connectivity index (χ2n) is 6.10. The summed E-state index contributed by atoms with van der Waals surface area (Å²) in [4.78, 5) is 18.2. The normalized spacial score (nSPS) is 25.3. The molecule has 0 radical (unpaired) electrons. The van der Waals surface area contributed by atoms with E-state index in [1.165, 1.54) is 9.75 Å². The molecule has 116 valence electrons. The average molecular weight is 318 g/mol. The van der Waals surface area contributed by atoms with Crippen molar-refractivity contribution in [2.75, 3.05) is 26.7 Å². The Kier molecular flexibility index (Phi) is 3.19. The average Bonchev–Trinajstić information content (AvgIpc) is 3.22. The van der Waals surface area contributed by atoms with Crippen LogP contribution >= 0.6 is 11.3 Å². The molecule has 2 aromatic heterocycles. The first-order valence-electron chi connectivity index (χ1n) is 7.39. The summed E-state index contributed by atoms with van der Waals surface area (Å²) in [7, 11) is 1.80. The number of nitrogens with zero attached hydrogens (tertiary/aromatic N) is 3. The van der Waals surface area contributed by atoms with Gasteiger partial charge in [0.25, 0.3) is 0 Å².